The first kappa shape index (κ1) is 24.6. The number of halogens is 1. The second-order valence-corrected chi connectivity index (χ2v) is 9.20. The van der Waals surface area contributed by atoms with E-state index < -0.39 is 20.7 Å². The monoisotopic (exact) mass is 479 g/mol. The van der Waals surface area contributed by atoms with E-state index in [0.29, 0.717) is 17.7 Å². The number of hydrogen-bond acceptors (Lipinski definition) is 6. The zero-order chi connectivity index (χ0) is 23.8. The van der Waals surface area contributed by atoms with Gasteiger partial charge in [-0.3, -0.25) is 9.59 Å². The number of hydrogen-bond donors (Lipinski definition) is 2. The highest BCUT2D eigenvalue weighted by Crippen LogP contribution is 2.24. The largest absolute Gasteiger partial charge is 0.497 e. The van der Waals surface area contributed by atoms with Crippen LogP contribution in [0, 0.1) is 5.82 Å². The van der Waals surface area contributed by atoms with Crippen LogP contribution in [0.25, 0.3) is 0 Å². The molecule has 2 aromatic carbocycles. The molecule has 1 fully saturated rings. The molecule has 9 nitrogen and oxygen atoms in total. The number of benzene rings is 2. The van der Waals surface area contributed by atoms with Gasteiger partial charge in [-0.2, -0.15) is 4.31 Å². The van der Waals surface area contributed by atoms with Crippen molar-refractivity contribution in [2.24, 2.45) is 0 Å². The molecule has 1 aliphatic heterocycles. The van der Waals surface area contributed by atoms with Crippen molar-refractivity contribution in [3.8, 4) is 5.75 Å². The predicted octanol–water partition coefficient (Wildman–Crippen LogP) is 2.00. The van der Waals surface area contributed by atoms with Crippen molar-refractivity contribution in [2.75, 3.05) is 45.3 Å². The summed E-state index contributed by atoms with van der Waals surface area (Å²) in [6, 6.07) is 10.1. The van der Waals surface area contributed by atoms with Crippen LogP contribution in [0.15, 0.2) is 47.4 Å². The lowest BCUT2D eigenvalue weighted by molar-refractivity contribution is -0.116. The van der Waals surface area contributed by atoms with Gasteiger partial charge in [-0.25, -0.2) is 12.8 Å². The van der Waals surface area contributed by atoms with Gasteiger partial charge in [-0.1, -0.05) is 0 Å². The van der Waals surface area contributed by atoms with Crippen molar-refractivity contribution in [3.05, 3.63) is 53.8 Å². The fourth-order valence-electron chi connectivity index (χ4n) is 3.22. The highest BCUT2D eigenvalue weighted by Gasteiger charge is 2.29. The Kier molecular flexibility index (Phi) is 8.37. The number of methoxy groups -OCH3 is 1. The maximum Gasteiger partial charge on any atom is 0.251 e. The number of nitrogens with zero attached hydrogens (tertiary/aromatic N) is 1. The second-order valence-electron chi connectivity index (χ2n) is 7.30. The molecule has 33 heavy (non-hydrogen) atoms. The quantitative estimate of drug-likeness (QED) is 0.532. The van der Waals surface area contributed by atoms with E-state index in [4.69, 9.17) is 9.47 Å². The average molecular weight is 480 g/mol. The van der Waals surface area contributed by atoms with Crippen LogP contribution in [-0.4, -0.2) is 64.5 Å². The summed E-state index contributed by atoms with van der Waals surface area (Å²) in [5.41, 5.74) is 0.649. The molecule has 2 aromatic rings. The third-order valence-electron chi connectivity index (χ3n) is 5.02. The van der Waals surface area contributed by atoms with Crippen molar-refractivity contribution >= 4 is 27.5 Å². The number of amides is 2. The minimum atomic E-state index is -4.04. The molecule has 2 amide bonds. The Morgan fingerprint density at radius 2 is 1.82 bits per heavy atom. The normalized spacial score (nSPS) is 14.5. The van der Waals surface area contributed by atoms with E-state index in [1.807, 2.05) is 0 Å². The Labute approximate surface area is 191 Å². The number of rotatable bonds is 9. The fourth-order valence-corrected chi connectivity index (χ4v) is 4.72. The molecule has 1 aliphatic rings. The van der Waals surface area contributed by atoms with Gasteiger partial charge in [0.05, 0.1) is 20.3 Å². The number of carbonyl (C=O) groups excluding carboxylic acids is 2. The standard InChI is InChI=1S/C22H26FN3O6S/c1-31-18-7-4-16(5-8-18)22(28)24-10-2-3-21(27)25-17-6-9-19(23)20(15-17)33(29,30)26-11-13-32-14-12-26/h4-9,15H,2-3,10-14H2,1H3,(H,24,28)(H,25,27). The number of nitrogens with one attached hydrogen (secondary N) is 2. The first-order valence-corrected chi connectivity index (χ1v) is 11.8. The van der Waals surface area contributed by atoms with Gasteiger partial charge < -0.3 is 20.1 Å². The highest BCUT2D eigenvalue weighted by atomic mass is 32.2. The number of sulfonamides is 1. The lowest BCUT2D eigenvalue weighted by atomic mass is 10.2. The molecule has 1 saturated heterocycles. The molecule has 1 heterocycles. The van der Waals surface area contributed by atoms with E-state index in [2.05, 4.69) is 10.6 Å². The lowest BCUT2D eigenvalue weighted by Gasteiger charge is -2.26. The van der Waals surface area contributed by atoms with Crippen LogP contribution >= 0.6 is 0 Å². The maximum atomic E-state index is 14.3. The molecule has 0 atom stereocenters. The van der Waals surface area contributed by atoms with Crippen LogP contribution in [0.4, 0.5) is 10.1 Å². The SMILES string of the molecule is COc1ccc(C(=O)NCCCC(=O)Nc2ccc(F)c(S(=O)(=O)N3CCOCC3)c2)cc1. The van der Waals surface area contributed by atoms with Crippen LogP contribution in [0.5, 0.6) is 5.75 Å². The smallest absolute Gasteiger partial charge is 0.251 e. The summed E-state index contributed by atoms with van der Waals surface area (Å²) < 4.78 is 51.1. The summed E-state index contributed by atoms with van der Waals surface area (Å²) in [5, 5.41) is 5.30. The summed E-state index contributed by atoms with van der Waals surface area (Å²) in [6.45, 7) is 1.04. The topological polar surface area (TPSA) is 114 Å². The van der Waals surface area contributed by atoms with Gasteiger partial charge in [-0.05, 0) is 48.9 Å². The highest BCUT2D eigenvalue weighted by molar-refractivity contribution is 7.89. The number of ether oxygens (including phenoxy) is 2. The van der Waals surface area contributed by atoms with Crippen LogP contribution in [-0.2, 0) is 19.6 Å². The Balaban J connectivity index is 1.51. The molecule has 11 heteroatoms. The average Bonchev–Trinajstić information content (AvgIpc) is 2.83. The first-order valence-electron chi connectivity index (χ1n) is 10.4. The Morgan fingerprint density at radius 1 is 1.12 bits per heavy atom. The molecule has 0 radical (unpaired) electrons. The minimum Gasteiger partial charge on any atom is -0.497 e. The molecular formula is C22H26FN3O6S. The van der Waals surface area contributed by atoms with Crippen molar-refractivity contribution in [3.63, 3.8) is 0 Å². The van der Waals surface area contributed by atoms with Crippen molar-refractivity contribution in [1.82, 2.24) is 9.62 Å². The number of carbonyl (C=O) groups is 2. The Bertz CT molecular complexity index is 1090. The van der Waals surface area contributed by atoms with Gasteiger partial charge in [0.1, 0.15) is 16.5 Å². The van der Waals surface area contributed by atoms with Crippen LogP contribution in [0.3, 0.4) is 0 Å². The van der Waals surface area contributed by atoms with Crippen molar-refractivity contribution in [1.29, 1.82) is 0 Å². The second kappa shape index (κ2) is 11.2. The van der Waals surface area contributed by atoms with Crippen LogP contribution in [0.2, 0.25) is 0 Å². The molecular weight excluding hydrogens is 453 g/mol. The molecule has 0 saturated carbocycles. The zero-order valence-corrected chi connectivity index (χ0v) is 19.0. The van der Waals surface area contributed by atoms with Crippen LogP contribution in [0.1, 0.15) is 23.2 Å². The molecule has 0 spiro atoms. The zero-order valence-electron chi connectivity index (χ0n) is 18.2. The van der Waals surface area contributed by atoms with E-state index >= 15 is 0 Å². The summed E-state index contributed by atoms with van der Waals surface area (Å²) in [7, 11) is -2.50. The molecule has 178 valence electrons. The van der Waals surface area contributed by atoms with E-state index in [1.165, 1.54) is 13.2 Å². The van der Waals surface area contributed by atoms with Crippen molar-refractivity contribution < 1.29 is 31.9 Å². The third kappa shape index (κ3) is 6.50. The molecule has 0 aromatic heterocycles. The molecule has 0 unspecified atom stereocenters. The number of morpholine rings is 1. The van der Waals surface area contributed by atoms with E-state index in [-0.39, 0.29) is 56.8 Å². The van der Waals surface area contributed by atoms with Gasteiger partial charge in [-0.15, -0.1) is 0 Å². The van der Waals surface area contributed by atoms with Gasteiger partial charge in [0.15, 0.2) is 0 Å². The maximum absolute atomic E-state index is 14.3. The Morgan fingerprint density at radius 3 is 2.48 bits per heavy atom. The summed E-state index contributed by atoms with van der Waals surface area (Å²) >= 11 is 0. The molecule has 0 bridgehead atoms. The third-order valence-corrected chi connectivity index (χ3v) is 6.93. The van der Waals surface area contributed by atoms with E-state index in [9.17, 15) is 22.4 Å². The van der Waals surface area contributed by atoms with E-state index in [0.717, 1.165) is 16.4 Å². The number of anilines is 1. The van der Waals surface area contributed by atoms with Gasteiger partial charge in [0.2, 0.25) is 15.9 Å². The van der Waals surface area contributed by atoms with Crippen molar-refractivity contribution in [2.45, 2.75) is 17.7 Å². The van der Waals surface area contributed by atoms with Gasteiger partial charge in [0.25, 0.3) is 5.91 Å². The lowest BCUT2D eigenvalue weighted by Crippen LogP contribution is -2.40. The molecule has 2 N–H and O–H groups in total. The molecule has 0 aliphatic carbocycles. The summed E-state index contributed by atoms with van der Waals surface area (Å²) in [5.74, 6) is -0.893. The first-order chi connectivity index (χ1) is 15.8. The summed E-state index contributed by atoms with van der Waals surface area (Å²) in [4.78, 5) is 23.9. The Hall–Kier alpha value is -3.02. The van der Waals surface area contributed by atoms with Gasteiger partial charge in [0, 0.05) is 37.3 Å². The molecule has 3 rings (SSSR count). The van der Waals surface area contributed by atoms with E-state index in [1.54, 1.807) is 24.3 Å². The summed E-state index contributed by atoms with van der Waals surface area (Å²) in [6.07, 6.45) is 0.458. The van der Waals surface area contributed by atoms with Crippen LogP contribution < -0.4 is 15.4 Å². The van der Waals surface area contributed by atoms with Gasteiger partial charge >= 0.3 is 0 Å². The fraction of sp³-hybridized carbons (Fsp3) is 0.364. The minimum absolute atomic E-state index is 0.0891. The predicted molar refractivity (Wildman–Crippen MR) is 119 cm³/mol.